The van der Waals surface area contributed by atoms with Crippen molar-refractivity contribution in [1.82, 2.24) is 24.9 Å². The number of anilines is 3. The molecule has 1 aromatic carbocycles. The summed E-state index contributed by atoms with van der Waals surface area (Å²) in [5, 5.41) is 0. The first-order valence-corrected chi connectivity index (χ1v) is 10.7. The maximum absolute atomic E-state index is 6.06. The molecule has 1 aliphatic rings. The van der Waals surface area contributed by atoms with E-state index in [1.165, 1.54) is 0 Å². The lowest BCUT2D eigenvalue weighted by Gasteiger charge is -2.26. The molecule has 0 aliphatic carbocycles. The molecular weight excluding hydrogens is 404 g/mol. The fraction of sp³-hybridized carbons (Fsp3) is 0.304. The summed E-state index contributed by atoms with van der Waals surface area (Å²) in [6, 6.07) is 8.18. The number of hydrogen-bond acceptors (Lipinski definition) is 8. The molecule has 9 heteroatoms. The Morgan fingerprint density at radius 2 is 1.94 bits per heavy atom. The van der Waals surface area contributed by atoms with Crippen molar-refractivity contribution in [1.29, 1.82) is 0 Å². The summed E-state index contributed by atoms with van der Waals surface area (Å²) in [5.74, 6) is 2.68. The van der Waals surface area contributed by atoms with E-state index in [1.54, 1.807) is 0 Å². The third-order valence-corrected chi connectivity index (χ3v) is 5.74. The number of nitrogens with two attached hydrogens (primary N) is 2. The molecule has 0 bridgehead atoms. The topological polar surface area (TPSA) is 132 Å². The Morgan fingerprint density at radius 3 is 2.75 bits per heavy atom. The van der Waals surface area contributed by atoms with E-state index in [0.29, 0.717) is 37.2 Å². The number of benzene rings is 1. The number of fused-ring (bicyclic) bond motifs is 2. The Balaban J connectivity index is 1.54. The van der Waals surface area contributed by atoms with Crippen LogP contribution in [0, 0.1) is 6.92 Å². The third-order valence-electron chi connectivity index (χ3n) is 5.74. The molecule has 0 radical (unpaired) electrons. The van der Waals surface area contributed by atoms with Crippen LogP contribution >= 0.6 is 0 Å². The van der Waals surface area contributed by atoms with Crippen LogP contribution in [0.1, 0.15) is 36.6 Å². The molecule has 0 atom stereocenters. The summed E-state index contributed by atoms with van der Waals surface area (Å²) in [7, 11) is 0. The molecule has 4 aromatic rings. The van der Waals surface area contributed by atoms with Crippen molar-refractivity contribution in [2.24, 2.45) is 0 Å². The van der Waals surface area contributed by atoms with E-state index in [2.05, 4.69) is 49.7 Å². The van der Waals surface area contributed by atoms with Gasteiger partial charge in [-0.25, -0.2) is 15.0 Å². The molecule has 0 saturated heterocycles. The molecule has 3 aromatic heterocycles. The van der Waals surface area contributed by atoms with Crippen molar-refractivity contribution >= 4 is 28.9 Å². The number of nitrogens with zero attached hydrogens (tertiary/aromatic N) is 5. The summed E-state index contributed by atoms with van der Waals surface area (Å²) in [4.78, 5) is 22.9. The van der Waals surface area contributed by atoms with Crippen LogP contribution in [0.3, 0.4) is 0 Å². The SMILES string of the molecule is Cc1nc(N)nc(N2CCOc3ccc(-c4cnc5[nH]c(N)nc5c4)cc3C2)c1C(C)C. The van der Waals surface area contributed by atoms with Gasteiger partial charge in [-0.15, -0.1) is 0 Å². The van der Waals surface area contributed by atoms with Crippen molar-refractivity contribution in [3.63, 3.8) is 0 Å². The number of hydrogen-bond donors (Lipinski definition) is 3. The molecule has 5 N–H and O–H groups in total. The molecule has 5 rings (SSSR count). The third kappa shape index (κ3) is 3.55. The summed E-state index contributed by atoms with van der Waals surface area (Å²) >= 11 is 0. The first kappa shape index (κ1) is 20.0. The molecule has 164 valence electrons. The molecule has 0 amide bonds. The number of nitrogens with one attached hydrogen (secondary N) is 1. The molecular formula is C23H26N8O. The van der Waals surface area contributed by atoms with E-state index >= 15 is 0 Å². The van der Waals surface area contributed by atoms with Crippen LogP contribution in [-0.4, -0.2) is 38.1 Å². The van der Waals surface area contributed by atoms with Gasteiger partial charge in [0, 0.05) is 35.1 Å². The number of ether oxygens (including phenoxy) is 1. The van der Waals surface area contributed by atoms with Gasteiger partial charge in [0.1, 0.15) is 23.7 Å². The van der Waals surface area contributed by atoms with Gasteiger partial charge in [0.25, 0.3) is 0 Å². The Bertz CT molecular complexity index is 1310. The van der Waals surface area contributed by atoms with Crippen LogP contribution in [-0.2, 0) is 6.54 Å². The van der Waals surface area contributed by atoms with Crippen LogP contribution in [0.5, 0.6) is 5.75 Å². The van der Waals surface area contributed by atoms with Crippen molar-refractivity contribution in [2.45, 2.75) is 33.2 Å². The molecule has 9 nitrogen and oxygen atoms in total. The standard InChI is InChI=1S/C23H26N8O/c1-12(2)19-13(3)27-22(24)30-21(19)31-6-7-32-18-5-4-14(8-16(18)11-31)15-9-17-20(26-10-15)29-23(25)28-17/h4-5,8-10,12H,6-7,11H2,1-3H3,(H2,24,27,30)(H3,25,26,28,29). The smallest absolute Gasteiger partial charge is 0.222 e. The molecule has 32 heavy (non-hydrogen) atoms. The number of H-pyrrole nitrogens is 1. The fourth-order valence-corrected chi connectivity index (χ4v) is 4.33. The van der Waals surface area contributed by atoms with Crippen LogP contribution in [0.15, 0.2) is 30.5 Å². The van der Waals surface area contributed by atoms with Crippen molar-refractivity contribution in [2.75, 3.05) is 29.5 Å². The fourth-order valence-electron chi connectivity index (χ4n) is 4.33. The predicted molar refractivity (Wildman–Crippen MR) is 126 cm³/mol. The molecule has 0 unspecified atom stereocenters. The quantitative estimate of drug-likeness (QED) is 0.450. The summed E-state index contributed by atoms with van der Waals surface area (Å²) in [6.45, 7) is 8.21. The molecule has 0 fully saturated rings. The Hall–Kier alpha value is -3.88. The van der Waals surface area contributed by atoms with Gasteiger partial charge >= 0.3 is 0 Å². The van der Waals surface area contributed by atoms with Crippen molar-refractivity contribution in [3.8, 4) is 16.9 Å². The minimum absolute atomic E-state index is 0.277. The van der Waals surface area contributed by atoms with E-state index in [1.807, 2.05) is 31.3 Å². The summed E-state index contributed by atoms with van der Waals surface area (Å²) in [6.07, 6.45) is 1.82. The second-order valence-corrected chi connectivity index (χ2v) is 8.37. The molecule has 1 aliphatic heterocycles. The molecule has 0 saturated carbocycles. The number of aryl methyl sites for hydroxylation is 1. The van der Waals surface area contributed by atoms with E-state index < -0.39 is 0 Å². The zero-order valence-corrected chi connectivity index (χ0v) is 18.4. The Morgan fingerprint density at radius 1 is 1.09 bits per heavy atom. The Kier molecular flexibility index (Phi) is 4.80. The highest BCUT2D eigenvalue weighted by atomic mass is 16.5. The highest BCUT2D eigenvalue weighted by Gasteiger charge is 2.23. The van der Waals surface area contributed by atoms with E-state index in [0.717, 1.165) is 45.0 Å². The molecule has 0 spiro atoms. The molecule has 4 heterocycles. The van der Waals surface area contributed by atoms with Gasteiger partial charge in [0.05, 0.1) is 6.54 Å². The van der Waals surface area contributed by atoms with Gasteiger partial charge in [0.2, 0.25) is 5.95 Å². The minimum Gasteiger partial charge on any atom is -0.491 e. The average Bonchev–Trinajstić information content (AvgIpc) is 2.98. The van der Waals surface area contributed by atoms with Crippen molar-refractivity contribution in [3.05, 3.63) is 47.3 Å². The highest BCUT2D eigenvalue weighted by molar-refractivity contribution is 5.79. The average molecular weight is 431 g/mol. The van der Waals surface area contributed by atoms with Gasteiger partial charge in [-0.1, -0.05) is 19.9 Å². The van der Waals surface area contributed by atoms with E-state index in [4.69, 9.17) is 16.2 Å². The maximum atomic E-state index is 6.06. The maximum Gasteiger partial charge on any atom is 0.222 e. The van der Waals surface area contributed by atoms with Gasteiger partial charge in [-0.2, -0.15) is 4.98 Å². The number of nitrogen functional groups attached to an aromatic ring is 2. The van der Waals surface area contributed by atoms with E-state index in [9.17, 15) is 0 Å². The number of pyridine rings is 1. The number of imidazole rings is 1. The van der Waals surface area contributed by atoms with Gasteiger partial charge in [0.15, 0.2) is 11.6 Å². The lowest BCUT2D eigenvalue weighted by molar-refractivity contribution is 0.331. The van der Waals surface area contributed by atoms with Crippen molar-refractivity contribution < 1.29 is 4.74 Å². The lowest BCUT2D eigenvalue weighted by atomic mass is 10.0. The zero-order valence-electron chi connectivity index (χ0n) is 18.4. The first-order chi connectivity index (χ1) is 15.4. The monoisotopic (exact) mass is 430 g/mol. The second-order valence-electron chi connectivity index (χ2n) is 8.37. The van der Waals surface area contributed by atoms with Gasteiger partial charge in [-0.05, 0) is 36.6 Å². The first-order valence-electron chi connectivity index (χ1n) is 10.7. The predicted octanol–water partition coefficient (Wildman–Crippen LogP) is 3.41. The number of rotatable bonds is 3. The lowest BCUT2D eigenvalue weighted by Crippen LogP contribution is -2.28. The van der Waals surface area contributed by atoms with Gasteiger partial charge in [-0.3, -0.25) is 0 Å². The normalized spacial score (nSPS) is 13.8. The summed E-state index contributed by atoms with van der Waals surface area (Å²) in [5.41, 5.74) is 18.3. The van der Waals surface area contributed by atoms with Gasteiger partial charge < -0.3 is 26.1 Å². The highest BCUT2D eigenvalue weighted by Crippen LogP contribution is 2.34. The van der Waals surface area contributed by atoms with Crippen LogP contribution in [0.4, 0.5) is 17.7 Å². The number of aromatic amines is 1. The number of aromatic nitrogens is 5. The van der Waals surface area contributed by atoms with Crippen LogP contribution in [0.25, 0.3) is 22.3 Å². The van der Waals surface area contributed by atoms with E-state index in [-0.39, 0.29) is 5.92 Å². The van der Waals surface area contributed by atoms with Crippen LogP contribution < -0.4 is 21.1 Å². The second kappa shape index (κ2) is 7.67. The minimum atomic E-state index is 0.277. The summed E-state index contributed by atoms with van der Waals surface area (Å²) < 4.78 is 6.06. The Labute approximate surface area is 185 Å². The van der Waals surface area contributed by atoms with Crippen LogP contribution in [0.2, 0.25) is 0 Å². The zero-order chi connectivity index (χ0) is 22.4. The largest absolute Gasteiger partial charge is 0.491 e.